The number of likely N-dealkylation sites (tertiary alicyclic amines) is 1. The number of halogens is 2. The van der Waals surface area contributed by atoms with E-state index in [1.54, 1.807) is 4.90 Å². The van der Waals surface area contributed by atoms with Crippen molar-refractivity contribution in [2.75, 3.05) is 13.1 Å². The number of hydrogen-bond acceptors (Lipinski definition) is 5. The third-order valence-electron chi connectivity index (χ3n) is 6.91. The SMILES string of the molecule is CC(C)c1cccc(C(C)C)c1-n1c(=O)nc(C2CCN(C(=O)OC(C)(C)C)CC2)c2cc(F)c(Cl)nc21. The van der Waals surface area contributed by atoms with Gasteiger partial charge in [0.25, 0.3) is 0 Å². The van der Waals surface area contributed by atoms with Gasteiger partial charge >= 0.3 is 11.8 Å². The molecular formula is C29H36ClFN4O3. The number of para-hydroxylation sites is 1. The maximum atomic E-state index is 14.8. The van der Waals surface area contributed by atoms with Crippen LogP contribution in [0.15, 0.2) is 29.1 Å². The lowest BCUT2D eigenvalue weighted by Crippen LogP contribution is -2.41. The van der Waals surface area contributed by atoms with Gasteiger partial charge in [-0.3, -0.25) is 0 Å². The van der Waals surface area contributed by atoms with E-state index in [4.69, 9.17) is 16.3 Å². The van der Waals surface area contributed by atoms with Crippen molar-refractivity contribution in [3.63, 3.8) is 0 Å². The van der Waals surface area contributed by atoms with Gasteiger partial charge in [-0.15, -0.1) is 0 Å². The lowest BCUT2D eigenvalue weighted by atomic mass is 9.90. The van der Waals surface area contributed by atoms with Crippen molar-refractivity contribution in [2.45, 2.75) is 84.7 Å². The van der Waals surface area contributed by atoms with Crippen LogP contribution < -0.4 is 5.69 Å². The standard InChI is InChI=1S/C29H36ClFN4O3/c1-16(2)19-9-8-10-20(17(3)4)24(19)35-26-21(15-22(31)25(30)33-26)23(32-27(35)36)18-11-13-34(14-12-18)28(37)38-29(5,6)7/h8-10,15-18H,11-14H2,1-7H3. The molecule has 3 aromatic rings. The molecule has 0 aliphatic carbocycles. The Bertz CT molecular complexity index is 1390. The first-order chi connectivity index (χ1) is 17.8. The largest absolute Gasteiger partial charge is 0.444 e. The third kappa shape index (κ3) is 5.55. The molecule has 4 rings (SSSR count). The average Bonchev–Trinajstić information content (AvgIpc) is 2.83. The van der Waals surface area contributed by atoms with Crippen LogP contribution in [0.1, 0.15) is 95.9 Å². The van der Waals surface area contributed by atoms with Crippen LogP contribution in [-0.4, -0.2) is 44.2 Å². The third-order valence-corrected chi connectivity index (χ3v) is 7.17. The second-order valence-electron chi connectivity index (χ2n) is 11.6. The van der Waals surface area contributed by atoms with Gasteiger partial charge in [0, 0.05) is 24.4 Å². The summed E-state index contributed by atoms with van der Waals surface area (Å²) in [6.45, 7) is 14.7. The Balaban J connectivity index is 1.85. The molecule has 0 radical (unpaired) electrons. The summed E-state index contributed by atoms with van der Waals surface area (Å²) < 4.78 is 21.8. The molecule has 3 heterocycles. The molecule has 1 aromatic carbocycles. The van der Waals surface area contributed by atoms with E-state index in [9.17, 15) is 14.0 Å². The van der Waals surface area contributed by atoms with Crippen LogP contribution in [0.4, 0.5) is 9.18 Å². The van der Waals surface area contributed by atoms with E-state index in [-0.39, 0.29) is 34.6 Å². The number of rotatable bonds is 4. The highest BCUT2D eigenvalue weighted by Crippen LogP contribution is 2.36. The number of nitrogens with zero attached hydrogens (tertiary/aromatic N) is 4. The maximum absolute atomic E-state index is 14.8. The summed E-state index contributed by atoms with van der Waals surface area (Å²) in [6, 6.07) is 7.31. The van der Waals surface area contributed by atoms with E-state index in [2.05, 4.69) is 37.7 Å². The summed E-state index contributed by atoms with van der Waals surface area (Å²) >= 11 is 6.17. The number of aromatic nitrogens is 3. The Kier molecular flexibility index (Phi) is 7.84. The monoisotopic (exact) mass is 542 g/mol. The quantitative estimate of drug-likeness (QED) is 0.334. The molecule has 0 spiro atoms. The summed E-state index contributed by atoms with van der Waals surface area (Å²) in [5.74, 6) is -0.567. The zero-order chi connectivity index (χ0) is 27.9. The zero-order valence-corrected chi connectivity index (χ0v) is 23.9. The zero-order valence-electron chi connectivity index (χ0n) is 23.1. The van der Waals surface area contributed by atoms with Crippen LogP contribution in [0.2, 0.25) is 5.15 Å². The van der Waals surface area contributed by atoms with Crippen LogP contribution in [0.5, 0.6) is 0 Å². The first kappa shape index (κ1) is 28.0. The molecule has 0 atom stereocenters. The molecule has 1 aliphatic heterocycles. The number of carbonyl (C=O) groups is 1. The fourth-order valence-corrected chi connectivity index (χ4v) is 5.20. The topological polar surface area (TPSA) is 77.3 Å². The van der Waals surface area contributed by atoms with E-state index < -0.39 is 17.1 Å². The summed E-state index contributed by atoms with van der Waals surface area (Å²) in [4.78, 5) is 36.9. The van der Waals surface area contributed by atoms with Gasteiger partial charge in [0.05, 0.1) is 11.4 Å². The number of pyridine rings is 1. The molecule has 2 aromatic heterocycles. The molecular weight excluding hydrogens is 507 g/mol. The molecule has 0 bridgehead atoms. The van der Waals surface area contributed by atoms with Gasteiger partial charge in [0.15, 0.2) is 16.6 Å². The van der Waals surface area contributed by atoms with Crippen LogP contribution >= 0.6 is 11.6 Å². The van der Waals surface area contributed by atoms with Gasteiger partial charge in [-0.2, -0.15) is 4.98 Å². The molecule has 38 heavy (non-hydrogen) atoms. The van der Waals surface area contributed by atoms with Crippen molar-refractivity contribution in [1.82, 2.24) is 19.4 Å². The Hall–Kier alpha value is -3.00. The minimum absolute atomic E-state index is 0.124. The van der Waals surface area contributed by atoms with Gasteiger partial charge in [-0.05, 0) is 62.6 Å². The second kappa shape index (κ2) is 10.6. The summed E-state index contributed by atoms with van der Waals surface area (Å²) in [5, 5.41) is 0.158. The first-order valence-corrected chi connectivity index (χ1v) is 13.6. The Morgan fingerprint density at radius 3 is 2.18 bits per heavy atom. The average molecular weight is 543 g/mol. The van der Waals surface area contributed by atoms with E-state index in [0.717, 1.165) is 16.8 Å². The Morgan fingerprint density at radius 1 is 1.08 bits per heavy atom. The van der Waals surface area contributed by atoms with Crippen LogP contribution in [0.3, 0.4) is 0 Å². The van der Waals surface area contributed by atoms with Gasteiger partial charge in [0.2, 0.25) is 0 Å². The van der Waals surface area contributed by atoms with E-state index in [0.29, 0.717) is 37.0 Å². The number of fused-ring (bicyclic) bond motifs is 1. The predicted molar refractivity (Wildman–Crippen MR) is 148 cm³/mol. The lowest BCUT2D eigenvalue weighted by Gasteiger charge is -2.33. The van der Waals surface area contributed by atoms with Crippen molar-refractivity contribution in [3.05, 3.63) is 62.5 Å². The Labute approximate surface area is 228 Å². The summed E-state index contributed by atoms with van der Waals surface area (Å²) in [7, 11) is 0. The van der Waals surface area contributed by atoms with Crippen molar-refractivity contribution in [1.29, 1.82) is 0 Å². The highest BCUT2D eigenvalue weighted by Gasteiger charge is 2.31. The molecule has 0 unspecified atom stereocenters. The molecule has 0 saturated carbocycles. The van der Waals surface area contributed by atoms with Crippen molar-refractivity contribution in [3.8, 4) is 5.69 Å². The molecule has 204 valence electrons. The number of hydrogen-bond donors (Lipinski definition) is 0. The maximum Gasteiger partial charge on any atom is 0.410 e. The molecule has 0 N–H and O–H groups in total. The van der Waals surface area contributed by atoms with Gasteiger partial charge in [-0.1, -0.05) is 57.5 Å². The van der Waals surface area contributed by atoms with Crippen molar-refractivity contribution in [2.24, 2.45) is 0 Å². The summed E-state index contributed by atoms with van der Waals surface area (Å²) in [5.41, 5.74) is 2.38. The molecule has 7 nitrogen and oxygen atoms in total. The van der Waals surface area contributed by atoms with Crippen LogP contribution in [0.25, 0.3) is 16.7 Å². The van der Waals surface area contributed by atoms with Crippen molar-refractivity contribution < 1.29 is 13.9 Å². The highest BCUT2D eigenvalue weighted by molar-refractivity contribution is 6.29. The molecule has 1 fully saturated rings. The van der Waals surface area contributed by atoms with E-state index in [1.807, 2.05) is 39.0 Å². The van der Waals surface area contributed by atoms with Crippen molar-refractivity contribution >= 4 is 28.7 Å². The van der Waals surface area contributed by atoms with Crippen LogP contribution in [-0.2, 0) is 4.74 Å². The lowest BCUT2D eigenvalue weighted by molar-refractivity contribution is 0.0204. The smallest absolute Gasteiger partial charge is 0.410 e. The minimum atomic E-state index is -0.667. The molecule has 1 amide bonds. The first-order valence-electron chi connectivity index (χ1n) is 13.2. The fourth-order valence-electron chi connectivity index (χ4n) is 5.06. The van der Waals surface area contributed by atoms with Gasteiger partial charge < -0.3 is 9.64 Å². The summed E-state index contributed by atoms with van der Waals surface area (Å²) in [6.07, 6.45) is 0.763. The number of amides is 1. The van der Waals surface area contributed by atoms with E-state index >= 15 is 0 Å². The highest BCUT2D eigenvalue weighted by atomic mass is 35.5. The predicted octanol–water partition coefficient (Wildman–Crippen LogP) is 6.93. The minimum Gasteiger partial charge on any atom is -0.444 e. The van der Waals surface area contributed by atoms with Gasteiger partial charge in [-0.25, -0.2) is 23.5 Å². The fraction of sp³-hybridized carbons (Fsp3) is 0.517. The van der Waals surface area contributed by atoms with Crippen LogP contribution in [0, 0.1) is 5.82 Å². The molecule has 1 saturated heterocycles. The van der Waals surface area contributed by atoms with E-state index in [1.165, 1.54) is 10.6 Å². The number of ether oxygens (including phenoxy) is 1. The molecule has 1 aliphatic rings. The number of piperidine rings is 1. The number of carbonyl (C=O) groups excluding carboxylic acids is 1. The normalized spacial score (nSPS) is 15.1. The number of benzene rings is 1. The Morgan fingerprint density at radius 2 is 1.66 bits per heavy atom. The van der Waals surface area contributed by atoms with Gasteiger partial charge in [0.1, 0.15) is 5.60 Å². The second-order valence-corrected chi connectivity index (χ2v) is 11.9. The molecule has 9 heteroatoms.